The van der Waals surface area contributed by atoms with E-state index in [-0.39, 0.29) is 42.5 Å². The first kappa shape index (κ1) is 25.0. The van der Waals surface area contributed by atoms with Gasteiger partial charge in [0.25, 0.3) is 0 Å². The maximum atomic E-state index is 12.7. The van der Waals surface area contributed by atoms with Crippen LogP contribution in [0.2, 0.25) is 0 Å². The van der Waals surface area contributed by atoms with Crippen molar-refractivity contribution in [1.29, 1.82) is 0 Å². The van der Waals surface area contributed by atoms with Crippen molar-refractivity contribution in [1.82, 2.24) is 10.2 Å². The predicted octanol–water partition coefficient (Wildman–Crippen LogP) is 2.01. The van der Waals surface area contributed by atoms with Gasteiger partial charge in [-0.2, -0.15) is 0 Å². The van der Waals surface area contributed by atoms with Crippen molar-refractivity contribution in [2.24, 2.45) is 17.6 Å². The third kappa shape index (κ3) is 6.00. The summed E-state index contributed by atoms with van der Waals surface area (Å²) in [6.07, 6.45) is 0.934. The average molecular weight is 428 g/mol. The molecule has 1 aliphatic rings. The molecule has 2 rings (SSSR count). The molecule has 0 aromatic heterocycles. The molecule has 0 aliphatic carbocycles. The second-order valence-corrected chi connectivity index (χ2v) is 7.95. The predicted molar refractivity (Wildman–Crippen MR) is 116 cm³/mol. The highest BCUT2D eigenvalue weighted by Gasteiger charge is 2.37. The van der Waals surface area contributed by atoms with Gasteiger partial charge in [0.15, 0.2) is 11.5 Å². The van der Waals surface area contributed by atoms with Crippen LogP contribution in [0.5, 0.6) is 11.5 Å². The van der Waals surface area contributed by atoms with Gasteiger partial charge in [-0.15, -0.1) is 12.4 Å². The molecule has 1 aliphatic heterocycles. The number of carbonyl (C=O) groups is 2. The summed E-state index contributed by atoms with van der Waals surface area (Å²) in [6, 6.07) is 5.73. The number of carbonyl (C=O) groups excluding carboxylic acids is 2. The molecular weight excluding hydrogens is 394 g/mol. The van der Waals surface area contributed by atoms with Gasteiger partial charge in [0.2, 0.25) is 11.8 Å². The Balaban J connectivity index is 0.00000420. The minimum absolute atomic E-state index is 0. The molecular formula is C21H34ClN3O4. The Morgan fingerprint density at radius 3 is 2.52 bits per heavy atom. The SMILES string of the molecule is COc1ccc(CCN2CC(C(=O)NC(C)(CN)C(C)C)CC2=O)cc1OC.Cl. The molecule has 0 bridgehead atoms. The Hall–Kier alpha value is -1.99. The third-order valence-corrected chi connectivity index (χ3v) is 5.81. The number of likely N-dealkylation sites (tertiary alicyclic amines) is 1. The standard InChI is InChI=1S/C21H33N3O4.ClH/c1-14(2)21(3,13-22)23-20(26)16-11-19(25)24(12-16)9-8-15-6-7-17(27-4)18(10-15)28-5;/h6-7,10,14,16H,8-9,11-13,22H2,1-5H3,(H,23,26);1H. The lowest BCUT2D eigenvalue weighted by molar-refractivity contribution is -0.129. The van der Waals surface area contributed by atoms with Gasteiger partial charge in [0.1, 0.15) is 0 Å². The molecule has 2 atom stereocenters. The van der Waals surface area contributed by atoms with Gasteiger partial charge in [-0.1, -0.05) is 19.9 Å². The quantitative estimate of drug-likeness (QED) is 0.628. The lowest BCUT2D eigenvalue weighted by Crippen LogP contribution is -2.56. The highest BCUT2D eigenvalue weighted by molar-refractivity contribution is 5.89. The second-order valence-electron chi connectivity index (χ2n) is 7.95. The third-order valence-electron chi connectivity index (χ3n) is 5.81. The van der Waals surface area contributed by atoms with E-state index in [0.717, 1.165) is 5.56 Å². The van der Waals surface area contributed by atoms with Crippen LogP contribution in [0.15, 0.2) is 18.2 Å². The van der Waals surface area contributed by atoms with Crippen LogP contribution >= 0.6 is 12.4 Å². The maximum Gasteiger partial charge on any atom is 0.225 e. The highest BCUT2D eigenvalue weighted by Crippen LogP contribution is 2.28. The zero-order valence-electron chi connectivity index (χ0n) is 18.0. The smallest absolute Gasteiger partial charge is 0.225 e. The molecule has 7 nitrogen and oxygen atoms in total. The fourth-order valence-corrected chi connectivity index (χ4v) is 3.28. The molecule has 29 heavy (non-hydrogen) atoms. The van der Waals surface area contributed by atoms with E-state index in [1.807, 2.05) is 39.0 Å². The van der Waals surface area contributed by atoms with E-state index >= 15 is 0 Å². The number of hydrogen-bond donors (Lipinski definition) is 2. The van der Waals surface area contributed by atoms with Crippen LogP contribution in [-0.2, 0) is 16.0 Å². The first-order valence-electron chi connectivity index (χ1n) is 9.74. The van der Waals surface area contributed by atoms with Gasteiger partial charge in [-0.05, 0) is 37.0 Å². The van der Waals surface area contributed by atoms with Crippen LogP contribution in [0, 0.1) is 11.8 Å². The molecule has 1 aromatic carbocycles. The second kappa shape index (κ2) is 10.7. The van der Waals surface area contributed by atoms with E-state index in [4.69, 9.17) is 15.2 Å². The minimum Gasteiger partial charge on any atom is -0.493 e. The number of nitrogens with one attached hydrogen (secondary N) is 1. The van der Waals surface area contributed by atoms with Gasteiger partial charge >= 0.3 is 0 Å². The molecule has 1 fully saturated rings. The Labute approximate surface area is 179 Å². The first-order chi connectivity index (χ1) is 13.2. The van der Waals surface area contributed by atoms with Crippen molar-refractivity contribution in [2.75, 3.05) is 33.9 Å². The lowest BCUT2D eigenvalue weighted by atomic mass is 9.87. The van der Waals surface area contributed by atoms with Gasteiger partial charge in [0, 0.05) is 26.1 Å². The summed E-state index contributed by atoms with van der Waals surface area (Å²) in [4.78, 5) is 26.8. The van der Waals surface area contributed by atoms with Gasteiger partial charge in [-0.3, -0.25) is 9.59 Å². The van der Waals surface area contributed by atoms with E-state index in [9.17, 15) is 9.59 Å². The Morgan fingerprint density at radius 2 is 1.97 bits per heavy atom. The number of halogens is 1. The molecule has 1 heterocycles. The summed E-state index contributed by atoms with van der Waals surface area (Å²) < 4.78 is 10.6. The van der Waals surface area contributed by atoms with Crippen molar-refractivity contribution in [3.05, 3.63) is 23.8 Å². The molecule has 1 saturated heterocycles. The zero-order chi connectivity index (χ0) is 20.9. The average Bonchev–Trinajstić information content (AvgIpc) is 3.06. The number of hydrogen-bond acceptors (Lipinski definition) is 5. The Kier molecular flexibility index (Phi) is 9.23. The van der Waals surface area contributed by atoms with Crippen LogP contribution in [0.25, 0.3) is 0 Å². The molecule has 164 valence electrons. The Morgan fingerprint density at radius 1 is 1.31 bits per heavy atom. The molecule has 0 radical (unpaired) electrons. The van der Waals surface area contributed by atoms with E-state index in [1.54, 1.807) is 19.1 Å². The molecule has 0 spiro atoms. The summed E-state index contributed by atoms with van der Waals surface area (Å²) in [5.74, 6) is 1.14. The zero-order valence-corrected chi connectivity index (χ0v) is 18.8. The van der Waals surface area contributed by atoms with Crippen molar-refractivity contribution < 1.29 is 19.1 Å². The fourth-order valence-electron chi connectivity index (χ4n) is 3.28. The van der Waals surface area contributed by atoms with E-state index in [0.29, 0.717) is 37.6 Å². The Bertz CT molecular complexity index is 713. The van der Waals surface area contributed by atoms with Crippen LogP contribution in [0.4, 0.5) is 0 Å². The molecule has 3 N–H and O–H groups in total. The molecule has 8 heteroatoms. The number of methoxy groups -OCH3 is 2. The number of nitrogens with two attached hydrogens (primary N) is 1. The van der Waals surface area contributed by atoms with E-state index in [1.165, 1.54) is 0 Å². The lowest BCUT2D eigenvalue weighted by Gasteiger charge is -2.34. The molecule has 1 aromatic rings. The summed E-state index contributed by atoms with van der Waals surface area (Å²) >= 11 is 0. The summed E-state index contributed by atoms with van der Waals surface area (Å²) in [6.45, 7) is 7.37. The normalized spacial score (nSPS) is 18.2. The first-order valence-corrected chi connectivity index (χ1v) is 9.74. The van der Waals surface area contributed by atoms with Crippen molar-refractivity contribution in [3.63, 3.8) is 0 Å². The molecule has 0 saturated carbocycles. The van der Waals surface area contributed by atoms with Crippen molar-refractivity contribution in [2.45, 2.75) is 39.2 Å². The molecule has 2 unspecified atom stereocenters. The maximum absolute atomic E-state index is 12.7. The van der Waals surface area contributed by atoms with Gasteiger partial charge in [0.05, 0.1) is 25.7 Å². The minimum atomic E-state index is -0.465. The van der Waals surface area contributed by atoms with Gasteiger partial charge in [-0.25, -0.2) is 0 Å². The number of ether oxygens (including phenoxy) is 2. The van der Waals surface area contributed by atoms with Crippen molar-refractivity contribution >= 4 is 24.2 Å². The fraction of sp³-hybridized carbons (Fsp3) is 0.619. The summed E-state index contributed by atoms with van der Waals surface area (Å²) in [5, 5.41) is 3.05. The molecule has 2 amide bonds. The topological polar surface area (TPSA) is 93.9 Å². The number of benzene rings is 1. The van der Waals surface area contributed by atoms with Gasteiger partial charge < -0.3 is 25.4 Å². The van der Waals surface area contributed by atoms with Crippen LogP contribution in [0.3, 0.4) is 0 Å². The van der Waals surface area contributed by atoms with E-state index < -0.39 is 5.54 Å². The monoisotopic (exact) mass is 427 g/mol. The largest absolute Gasteiger partial charge is 0.493 e. The number of nitrogens with zero attached hydrogens (tertiary/aromatic N) is 1. The van der Waals surface area contributed by atoms with Crippen LogP contribution < -0.4 is 20.5 Å². The van der Waals surface area contributed by atoms with Crippen LogP contribution in [-0.4, -0.2) is 56.1 Å². The van der Waals surface area contributed by atoms with Crippen molar-refractivity contribution in [3.8, 4) is 11.5 Å². The number of rotatable bonds is 9. The highest BCUT2D eigenvalue weighted by atomic mass is 35.5. The number of amides is 2. The van der Waals surface area contributed by atoms with Crippen LogP contribution in [0.1, 0.15) is 32.8 Å². The summed E-state index contributed by atoms with van der Waals surface area (Å²) in [7, 11) is 3.20. The summed E-state index contributed by atoms with van der Waals surface area (Å²) in [5.41, 5.74) is 6.44. The van der Waals surface area contributed by atoms with E-state index in [2.05, 4.69) is 5.32 Å².